The molecule has 0 saturated heterocycles. The van der Waals surface area contributed by atoms with Gasteiger partial charge in [-0.3, -0.25) is 0 Å². The Bertz CT molecular complexity index is 1350. The summed E-state index contributed by atoms with van der Waals surface area (Å²) in [4.78, 5) is 1.93. The molecule has 172 valence electrons. The summed E-state index contributed by atoms with van der Waals surface area (Å²) < 4.78 is 45.9. The molecule has 0 fully saturated rings. The van der Waals surface area contributed by atoms with E-state index >= 15 is 8.78 Å². The lowest BCUT2D eigenvalue weighted by atomic mass is 9.69. The fraction of sp³-hybridized carbons (Fsp3) is 0.143. The molecule has 4 aromatic carbocycles. The molecule has 1 heterocycles. The Balaban J connectivity index is 1.99. The van der Waals surface area contributed by atoms with E-state index in [1.54, 1.807) is 24.3 Å². The van der Waals surface area contributed by atoms with Crippen LogP contribution in [0.3, 0.4) is 0 Å². The molecule has 0 unspecified atom stereocenters. The van der Waals surface area contributed by atoms with E-state index < -0.39 is 23.0 Å². The van der Waals surface area contributed by atoms with Crippen LogP contribution in [0.2, 0.25) is 0 Å². The van der Waals surface area contributed by atoms with E-state index in [4.69, 9.17) is 0 Å². The SMILES string of the molecule is C[C@@H]1Cc2ccccc2[C@@](c2cccc(O)c2)(c2c(F)cc(Br)cc2F)N1c1ccc(F)cc1. The summed E-state index contributed by atoms with van der Waals surface area (Å²) in [5.41, 5.74) is 1.11. The molecule has 4 aromatic rings. The van der Waals surface area contributed by atoms with E-state index in [2.05, 4.69) is 15.9 Å². The van der Waals surface area contributed by atoms with E-state index in [1.807, 2.05) is 36.1 Å². The highest BCUT2D eigenvalue weighted by Crippen LogP contribution is 2.52. The number of hydrogen-bond donors (Lipinski definition) is 1. The minimum Gasteiger partial charge on any atom is -0.508 e. The number of anilines is 1. The minimum absolute atomic E-state index is 0.0235. The zero-order valence-corrected chi connectivity index (χ0v) is 19.9. The van der Waals surface area contributed by atoms with E-state index in [0.29, 0.717) is 23.2 Å². The first-order valence-electron chi connectivity index (χ1n) is 10.9. The molecule has 0 spiro atoms. The van der Waals surface area contributed by atoms with Crippen molar-refractivity contribution < 1.29 is 18.3 Å². The lowest BCUT2D eigenvalue weighted by Crippen LogP contribution is -2.57. The average molecular weight is 524 g/mol. The molecule has 5 rings (SSSR count). The van der Waals surface area contributed by atoms with Crippen LogP contribution in [0.15, 0.2) is 89.4 Å². The molecule has 1 N–H and O–H groups in total. The van der Waals surface area contributed by atoms with E-state index in [9.17, 15) is 9.50 Å². The normalized spacial score (nSPS) is 19.7. The Hall–Kier alpha value is -3.25. The van der Waals surface area contributed by atoms with Gasteiger partial charge in [0.15, 0.2) is 0 Å². The van der Waals surface area contributed by atoms with Gasteiger partial charge in [-0.15, -0.1) is 0 Å². The Morgan fingerprint density at radius 1 is 0.882 bits per heavy atom. The third-order valence-electron chi connectivity index (χ3n) is 6.46. The number of rotatable bonds is 3. The highest BCUT2D eigenvalue weighted by atomic mass is 79.9. The fourth-order valence-electron chi connectivity index (χ4n) is 5.28. The lowest BCUT2D eigenvalue weighted by molar-refractivity contribution is 0.412. The van der Waals surface area contributed by atoms with Gasteiger partial charge >= 0.3 is 0 Å². The molecule has 6 heteroatoms. The number of hydrogen-bond acceptors (Lipinski definition) is 2. The maximum atomic E-state index is 15.9. The van der Waals surface area contributed by atoms with Crippen LogP contribution >= 0.6 is 15.9 Å². The van der Waals surface area contributed by atoms with Gasteiger partial charge in [-0.25, -0.2) is 13.2 Å². The van der Waals surface area contributed by atoms with Crippen molar-refractivity contribution in [3.8, 4) is 5.75 Å². The molecule has 1 aliphatic heterocycles. The summed E-state index contributed by atoms with van der Waals surface area (Å²) in [6.45, 7) is 1.98. The van der Waals surface area contributed by atoms with Crippen LogP contribution in [0.5, 0.6) is 5.75 Å². The summed E-state index contributed by atoms with van der Waals surface area (Å²) in [5.74, 6) is -1.89. The molecule has 0 aliphatic carbocycles. The van der Waals surface area contributed by atoms with Gasteiger partial charge in [0.25, 0.3) is 0 Å². The molecular formula is C28H21BrF3NO. The van der Waals surface area contributed by atoms with Crippen molar-refractivity contribution in [2.45, 2.75) is 24.9 Å². The van der Waals surface area contributed by atoms with Gasteiger partial charge in [0.05, 0.1) is 5.56 Å². The number of phenols is 1. The quantitative estimate of drug-likeness (QED) is 0.304. The third-order valence-corrected chi connectivity index (χ3v) is 6.92. The molecule has 34 heavy (non-hydrogen) atoms. The van der Waals surface area contributed by atoms with Crippen LogP contribution in [0, 0.1) is 17.5 Å². The first-order valence-corrected chi connectivity index (χ1v) is 11.7. The van der Waals surface area contributed by atoms with Gasteiger partial charge in [-0.05, 0) is 78.6 Å². The van der Waals surface area contributed by atoms with Crippen molar-refractivity contribution in [3.63, 3.8) is 0 Å². The van der Waals surface area contributed by atoms with Crippen LogP contribution in [-0.4, -0.2) is 11.1 Å². The molecule has 1 aliphatic rings. The summed E-state index contributed by atoms with van der Waals surface area (Å²) in [5, 5.41) is 10.4. The fourth-order valence-corrected chi connectivity index (χ4v) is 5.69. The van der Waals surface area contributed by atoms with E-state index in [-0.39, 0.29) is 21.8 Å². The van der Waals surface area contributed by atoms with Gasteiger partial charge < -0.3 is 10.0 Å². The highest BCUT2D eigenvalue weighted by molar-refractivity contribution is 9.10. The molecule has 0 aromatic heterocycles. The molecule has 2 atom stereocenters. The number of nitrogens with zero attached hydrogens (tertiary/aromatic N) is 1. The maximum Gasteiger partial charge on any atom is 0.133 e. The van der Waals surface area contributed by atoms with E-state index in [1.165, 1.54) is 36.4 Å². The maximum absolute atomic E-state index is 15.9. The Labute approximate surface area is 204 Å². The Kier molecular flexibility index (Phi) is 5.64. The van der Waals surface area contributed by atoms with E-state index in [0.717, 1.165) is 5.56 Å². The van der Waals surface area contributed by atoms with Crippen molar-refractivity contribution >= 4 is 21.6 Å². The number of aromatic hydroxyl groups is 1. The predicted molar refractivity (Wildman–Crippen MR) is 131 cm³/mol. The van der Waals surface area contributed by atoms with Crippen LogP contribution < -0.4 is 4.90 Å². The van der Waals surface area contributed by atoms with Gasteiger partial charge in [0.2, 0.25) is 0 Å². The number of phenolic OH excluding ortho intramolecular Hbond substituents is 1. The van der Waals surface area contributed by atoms with Gasteiger partial charge in [0.1, 0.15) is 28.7 Å². The summed E-state index contributed by atoms with van der Waals surface area (Å²) in [6, 6.07) is 22.2. The van der Waals surface area contributed by atoms with Gasteiger partial charge in [-0.2, -0.15) is 0 Å². The van der Waals surface area contributed by atoms with Crippen molar-refractivity contribution in [3.05, 3.63) is 129 Å². The zero-order chi connectivity index (χ0) is 24.0. The predicted octanol–water partition coefficient (Wildman–Crippen LogP) is 7.32. The van der Waals surface area contributed by atoms with Crippen molar-refractivity contribution in [2.75, 3.05) is 4.90 Å². The first-order chi connectivity index (χ1) is 16.3. The Morgan fingerprint density at radius 3 is 2.24 bits per heavy atom. The molecule has 2 nitrogen and oxygen atoms in total. The van der Waals surface area contributed by atoms with Gasteiger partial charge in [0, 0.05) is 16.2 Å². The zero-order valence-electron chi connectivity index (χ0n) is 18.3. The Morgan fingerprint density at radius 2 is 1.56 bits per heavy atom. The molecule has 0 saturated carbocycles. The van der Waals surface area contributed by atoms with Gasteiger partial charge in [-0.1, -0.05) is 52.3 Å². The molecule has 0 radical (unpaired) electrons. The molecule has 0 bridgehead atoms. The summed E-state index contributed by atoms with van der Waals surface area (Å²) in [6.07, 6.45) is 0.619. The second-order valence-corrected chi connectivity index (χ2v) is 9.48. The summed E-state index contributed by atoms with van der Waals surface area (Å²) in [7, 11) is 0. The van der Waals surface area contributed by atoms with Crippen molar-refractivity contribution in [2.24, 2.45) is 0 Å². The number of halogens is 4. The standard InChI is InChI=1S/C28H21BrF3NO/c1-17-13-18-5-2-3-8-24(18)28(19-6-4-7-23(34)14-19,27-25(31)15-20(29)16-26(27)32)33(17)22-11-9-21(30)10-12-22/h2-12,14-17,34H,13H2,1H3/t17-,28+/m1/s1. The minimum atomic E-state index is -1.47. The van der Waals surface area contributed by atoms with Crippen molar-refractivity contribution in [1.82, 2.24) is 0 Å². The van der Waals surface area contributed by atoms with Crippen LogP contribution in [0.4, 0.5) is 18.9 Å². The second-order valence-electron chi connectivity index (χ2n) is 8.56. The summed E-state index contributed by atoms with van der Waals surface area (Å²) >= 11 is 3.19. The largest absolute Gasteiger partial charge is 0.508 e. The van der Waals surface area contributed by atoms with Crippen LogP contribution in [0.1, 0.15) is 29.2 Å². The van der Waals surface area contributed by atoms with Crippen molar-refractivity contribution in [1.29, 1.82) is 0 Å². The lowest BCUT2D eigenvalue weighted by Gasteiger charge is -2.53. The molecular weight excluding hydrogens is 503 g/mol. The third kappa shape index (κ3) is 3.48. The van der Waals surface area contributed by atoms with Crippen LogP contribution in [-0.2, 0) is 12.0 Å². The smallest absolute Gasteiger partial charge is 0.133 e. The highest BCUT2D eigenvalue weighted by Gasteiger charge is 2.51. The molecule has 0 amide bonds. The first kappa shape index (κ1) is 22.5. The number of benzene rings is 4. The number of fused-ring (bicyclic) bond motifs is 1. The topological polar surface area (TPSA) is 23.5 Å². The monoisotopic (exact) mass is 523 g/mol. The second kappa shape index (κ2) is 8.51. The average Bonchev–Trinajstić information content (AvgIpc) is 2.79. The van der Waals surface area contributed by atoms with Crippen LogP contribution in [0.25, 0.3) is 0 Å².